The maximum absolute atomic E-state index is 12.7. The lowest BCUT2D eigenvalue weighted by Crippen LogP contribution is -2.29. The fourth-order valence-corrected chi connectivity index (χ4v) is 4.63. The predicted molar refractivity (Wildman–Crippen MR) is 109 cm³/mol. The predicted octanol–water partition coefficient (Wildman–Crippen LogP) is 5.76. The number of carbonyl (C=O) groups excluding carboxylic acids is 1. The van der Waals surface area contributed by atoms with Crippen molar-refractivity contribution in [1.29, 1.82) is 0 Å². The van der Waals surface area contributed by atoms with E-state index < -0.39 is 0 Å². The number of nitrogens with one attached hydrogen (secondary N) is 1. The molecule has 4 heteroatoms. The third-order valence-electron chi connectivity index (χ3n) is 4.54. The molecule has 1 amide bonds. The number of thioether (sulfide) groups is 1. The molecule has 0 saturated heterocycles. The zero-order chi connectivity index (χ0) is 18.4. The van der Waals surface area contributed by atoms with E-state index in [0.717, 1.165) is 30.7 Å². The molecular weight excluding hydrogens is 342 g/mol. The first-order chi connectivity index (χ1) is 12.6. The van der Waals surface area contributed by atoms with Gasteiger partial charge in [0.2, 0.25) is 5.91 Å². The quantitative estimate of drug-likeness (QED) is 0.703. The second-order valence-corrected chi connectivity index (χ2v) is 8.47. The molecule has 0 aliphatic heterocycles. The van der Waals surface area contributed by atoms with Crippen molar-refractivity contribution in [2.75, 3.05) is 5.32 Å². The highest BCUT2D eigenvalue weighted by Crippen LogP contribution is 2.36. The minimum atomic E-state index is 0.0940. The molecule has 0 aromatic heterocycles. The number of hydrogen-bond acceptors (Lipinski definition) is 3. The summed E-state index contributed by atoms with van der Waals surface area (Å²) in [4.78, 5) is 14.0. The highest BCUT2D eigenvalue weighted by molar-refractivity contribution is 8.00. The molecule has 138 valence electrons. The van der Waals surface area contributed by atoms with Crippen LogP contribution in [0.2, 0.25) is 0 Å². The maximum Gasteiger partial charge on any atom is 0.227 e. The third kappa shape index (κ3) is 5.53. The fourth-order valence-electron chi connectivity index (χ4n) is 3.31. The molecule has 2 atom stereocenters. The lowest BCUT2D eigenvalue weighted by molar-refractivity contribution is -0.120. The van der Waals surface area contributed by atoms with Crippen molar-refractivity contribution in [1.82, 2.24) is 0 Å². The number of benzene rings is 2. The number of anilines is 1. The van der Waals surface area contributed by atoms with Gasteiger partial charge in [0, 0.05) is 21.8 Å². The van der Waals surface area contributed by atoms with Gasteiger partial charge in [-0.05, 0) is 69.5 Å². The molecule has 26 heavy (non-hydrogen) atoms. The Morgan fingerprint density at radius 1 is 1.08 bits per heavy atom. The summed E-state index contributed by atoms with van der Waals surface area (Å²) < 4.78 is 5.65. The summed E-state index contributed by atoms with van der Waals surface area (Å²) in [6, 6.07) is 18.1. The molecule has 1 fully saturated rings. The average Bonchev–Trinajstić information content (AvgIpc) is 2.64. The Hall–Kier alpha value is -1.94. The summed E-state index contributed by atoms with van der Waals surface area (Å²) >= 11 is 1.90. The van der Waals surface area contributed by atoms with E-state index in [1.807, 2.05) is 55.9 Å². The van der Waals surface area contributed by atoms with Crippen LogP contribution in [0.4, 0.5) is 5.69 Å². The number of ether oxygens (including phenoxy) is 1. The van der Waals surface area contributed by atoms with E-state index in [0.29, 0.717) is 5.25 Å². The molecule has 0 radical (unpaired) electrons. The minimum Gasteiger partial charge on any atom is -0.491 e. The highest BCUT2D eigenvalue weighted by Gasteiger charge is 2.27. The van der Waals surface area contributed by atoms with Crippen molar-refractivity contribution in [3.63, 3.8) is 0 Å². The van der Waals surface area contributed by atoms with Crippen LogP contribution in [-0.2, 0) is 4.79 Å². The van der Waals surface area contributed by atoms with Gasteiger partial charge in [-0.3, -0.25) is 4.79 Å². The summed E-state index contributed by atoms with van der Waals surface area (Å²) in [6.45, 7) is 4.01. The van der Waals surface area contributed by atoms with Crippen LogP contribution in [0.15, 0.2) is 59.5 Å². The van der Waals surface area contributed by atoms with Crippen LogP contribution in [0.5, 0.6) is 5.75 Å². The van der Waals surface area contributed by atoms with Gasteiger partial charge < -0.3 is 10.1 Å². The number of carbonyl (C=O) groups is 1. The summed E-state index contributed by atoms with van der Waals surface area (Å²) in [5.41, 5.74) is 0.837. The fraction of sp³-hybridized carbons (Fsp3) is 0.409. The third-order valence-corrected chi connectivity index (χ3v) is 5.84. The van der Waals surface area contributed by atoms with Crippen molar-refractivity contribution in [3.8, 4) is 5.75 Å². The Labute approximate surface area is 160 Å². The molecule has 2 unspecified atom stereocenters. The van der Waals surface area contributed by atoms with E-state index in [9.17, 15) is 4.79 Å². The monoisotopic (exact) mass is 369 g/mol. The van der Waals surface area contributed by atoms with Gasteiger partial charge in [0.25, 0.3) is 0 Å². The first kappa shape index (κ1) is 18.8. The molecule has 1 aliphatic rings. The molecular formula is C22H27NO2S. The molecule has 3 nitrogen and oxygen atoms in total. The smallest absolute Gasteiger partial charge is 0.227 e. The first-order valence-electron chi connectivity index (χ1n) is 9.39. The Kier molecular flexibility index (Phi) is 6.62. The van der Waals surface area contributed by atoms with Gasteiger partial charge in [-0.15, -0.1) is 11.8 Å². The molecule has 3 rings (SSSR count). The summed E-state index contributed by atoms with van der Waals surface area (Å²) in [6.07, 6.45) is 4.37. The van der Waals surface area contributed by atoms with Crippen LogP contribution in [0.1, 0.15) is 39.5 Å². The minimum absolute atomic E-state index is 0.0940. The molecule has 0 heterocycles. The van der Waals surface area contributed by atoms with Crippen LogP contribution in [-0.4, -0.2) is 17.3 Å². The van der Waals surface area contributed by atoms with Gasteiger partial charge in [0.15, 0.2) is 0 Å². The van der Waals surface area contributed by atoms with E-state index in [1.54, 1.807) is 0 Å². The molecule has 2 aromatic rings. The standard InChI is InChI=1S/C22H27NO2S/c1-16(2)25-19-13-11-18(12-14-19)23-22(24)17-7-6-10-21(15-17)26-20-8-4-3-5-9-20/h3-5,8-9,11-14,16-17,21H,6-7,10,15H2,1-2H3,(H,23,24). The molecule has 1 aliphatic carbocycles. The van der Waals surface area contributed by atoms with Gasteiger partial charge in [-0.1, -0.05) is 24.6 Å². The largest absolute Gasteiger partial charge is 0.491 e. The van der Waals surface area contributed by atoms with Crippen LogP contribution in [0.25, 0.3) is 0 Å². The Morgan fingerprint density at radius 2 is 1.81 bits per heavy atom. The van der Waals surface area contributed by atoms with Crippen LogP contribution >= 0.6 is 11.8 Å². The molecule has 0 spiro atoms. The molecule has 0 bridgehead atoms. The van der Waals surface area contributed by atoms with Crippen molar-refractivity contribution >= 4 is 23.4 Å². The first-order valence-corrected chi connectivity index (χ1v) is 10.3. The SMILES string of the molecule is CC(C)Oc1ccc(NC(=O)C2CCCC(Sc3ccccc3)C2)cc1. The topological polar surface area (TPSA) is 38.3 Å². The highest BCUT2D eigenvalue weighted by atomic mass is 32.2. The molecule has 2 aromatic carbocycles. The number of amides is 1. The number of hydrogen-bond donors (Lipinski definition) is 1. The van der Waals surface area contributed by atoms with Gasteiger partial charge >= 0.3 is 0 Å². The Bertz CT molecular complexity index is 700. The lowest BCUT2D eigenvalue weighted by Gasteiger charge is -2.28. The van der Waals surface area contributed by atoms with Crippen molar-refractivity contribution in [2.24, 2.45) is 5.92 Å². The van der Waals surface area contributed by atoms with Crippen molar-refractivity contribution in [3.05, 3.63) is 54.6 Å². The van der Waals surface area contributed by atoms with Crippen LogP contribution in [0, 0.1) is 5.92 Å². The van der Waals surface area contributed by atoms with Gasteiger partial charge in [0.05, 0.1) is 6.10 Å². The zero-order valence-electron chi connectivity index (χ0n) is 15.5. The summed E-state index contributed by atoms with van der Waals surface area (Å²) in [7, 11) is 0. The summed E-state index contributed by atoms with van der Waals surface area (Å²) in [5.74, 6) is 1.06. The second-order valence-electron chi connectivity index (χ2n) is 7.10. The molecule has 1 N–H and O–H groups in total. The van der Waals surface area contributed by atoms with Gasteiger partial charge in [0.1, 0.15) is 5.75 Å². The van der Waals surface area contributed by atoms with E-state index in [2.05, 4.69) is 29.6 Å². The summed E-state index contributed by atoms with van der Waals surface area (Å²) in [5, 5.41) is 3.59. The van der Waals surface area contributed by atoms with Gasteiger partial charge in [-0.2, -0.15) is 0 Å². The lowest BCUT2D eigenvalue weighted by atomic mass is 9.88. The maximum atomic E-state index is 12.7. The van der Waals surface area contributed by atoms with Crippen molar-refractivity contribution < 1.29 is 9.53 Å². The van der Waals surface area contributed by atoms with Crippen LogP contribution in [0.3, 0.4) is 0 Å². The van der Waals surface area contributed by atoms with E-state index in [-0.39, 0.29) is 17.9 Å². The van der Waals surface area contributed by atoms with Crippen LogP contribution < -0.4 is 10.1 Å². The van der Waals surface area contributed by atoms with E-state index >= 15 is 0 Å². The Balaban J connectivity index is 1.54. The van der Waals surface area contributed by atoms with Gasteiger partial charge in [-0.25, -0.2) is 0 Å². The number of rotatable bonds is 6. The zero-order valence-corrected chi connectivity index (χ0v) is 16.3. The average molecular weight is 370 g/mol. The van der Waals surface area contributed by atoms with Crippen molar-refractivity contribution in [2.45, 2.75) is 55.8 Å². The molecule has 1 saturated carbocycles. The Morgan fingerprint density at radius 3 is 2.50 bits per heavy atom. The normalized spacial score (nSPS) is 20.0. The van der Waals surface area contributed by atoms with E-state index in [4.69, 9.17) is 4.74 Å². The van der Waals surface area contributed by atoms with E-state index in [1.165, 1.54) is 11.3 Å². The second kappa shape index (κ2) is 9.13.